The minimum absolute atomic E-state index is 0.0144. The second-order valence-electron chi connectivity index (χ2n) is 11.1. The number of alkyl halides is 6. The first kappa shape index (κ1) is 32.7. The minimum atomic E-state index is -4.93. The van der Waals surface area contributed by atoms with Gasteiger partial charge in [0, 0.05) is 24.0 Å². The average Bonchev–Trinajstić information content (AvgIpc) is 3.38. The number of H-pyrrole nitrogens is 1. The summed E-state index contributed by atoms with van der Waals surface area (Å²) in [4.78, 5) is 11.1. The lowest BCUT2D eigenvalue weighted by molar-refractivity contribution is -0.276. The number of hydrogen-bond donors (Lipinski definition) is 2. The lowest BCUT2D eigenvalue weighted by atomic mass is 9.77. The molecule has 0 atom stereocenters. The third-order valence-electron chi connectivity index (χ3n) is 7.94. The number of ether oxygens (including phenoxy) is 3. The Kier molecular flexibility index (Phi) is 9.78. The second kappa shape index (κ2) is 13.8. The Morgan fingerprint density at radius 2 is 1.37 bits per heavy atom. The Balaban J connectivity index is 1.42. The Morgan fingerprint density at radius 3 is 1.96 bits per heavy atom. The van der Waals surface area contributed by atoms with Crippen LogP contribution in [0.25, 0.3) is 11.3 Å². The molecule has 0 radical (unpaired) electrons. The van der Waals surface area contributed by atoms with Crippen molar-refractivity contribution in [3.8, 4) is 28.6 Å². The van der Waals surface area contributed by atoms with Gasteiger partial charge < -0.3 is 19.3 Å². The highest BCUT2D eigenvalue weighted by molar-refractivity contribution is 5.67. The fourth-order valence-corrected chi connectivity index (χ4v) is 5.80. The molecular formula is C33H30F6N2O5. The van der Waals surface area contributed by atoms with Gasteiger partial charge in [-0.05, 0) is 66.3 Å². The van der Waals surface area contributed by atoms with E-state index < -0.39 is 30.2 Å². The van der Waals surface area contributed by atoms with E-state index in [9.17, 15) is 31.1 Å². The number of carbonyl (C=O) groups is 1. The Morgan fingerprint density at radius 1 is 0.804 bits per heavy atom. The van der Waals surface area contributed by atoms with Crippen LogP contribution in [0.4, 0.5) is 26.3 Å². The largest absolute Gasteiger partial charge is 0.573 e. The molecule has 13 heteroatoms. The van der Waals surface area contributed by atoms with Gasteiger partial charge in [-0.15, -0.1) is 31.4 Å². The van der Waals surface area contributed by atoms with Crippen molar-refractivity contribution in [1.82, 2.24) is 10.2 Å². The molecule has 2 N–H and O–H groups in total. The zero-order chi connectivity index (χ0) is 32.9. The standard InChI is InChI=1S/C33H30F6N2O5/c34-32(35,36)45-27-7-3-1-5-24(27)18-26-30(23-15-13-22(14-16-23)21-11-9-20(10-12-21)17-29(42)43)40-41-31(26)44-19-25-6-2-4-8-28(25)46-33(37,38)39/h1-8,13-16,20-21H,9-12,17-19H2,(H,40,41)(H,42,43). The summed E-state index contributed by atoms with van der Waals surface area (Å²) in [5.74, 6) is -1.24. The number of carboxylic acids is 1. The van der Waals surface area contributed by atoms with Gasteiger partial charge in [0.15, 0.2) is 0 Å². The van der Waals surface area contributed by atoms with Crippen LogP contribution in [0, 0.1) is 5.92 Å². The predicted molar refractivity (Wildman–Crippen MR) is 154 cm³/mol. The summed E-state index contributed by atoms with van der Waals surface area (Å²) < 4.78 is 92.6. The van der Waals surface area contributed by atoms with Crippen LogP contribution in [-0.4, -0.2) is 34.0 Å². The molecule has 0 spiro atoms. The summed E-state index contributed by atoms with van der Waals surface area (Å²) in [7, 11) is 0. The van der Waals surface area contributed by atoms with Crippen LogP contribution in [0.1, 0.15) is 60.3 Å². The molecule has 0 saturated heterocycles. The first-order chi connectivity index (χ1) is 21.8. The van der Waals surface area contributed by atoms with Crippen molar-refractivity contribution in [3.63, 3.8) is 0 Å². The molecule has 244 valence electrons. The van der Waals surface area contributed by atoms with E-state index in [0.717, 1.165) is 37.3 Å². The summed E-state index contributed by atoms with van der Waals surface area (Å²) in [5.41, 5.74) is 2.83. The van der Waals surface area contributed by atoms with Crippen molar-refractivity contribution in [2.75, 3.05) is 0 Å². The molecule has 7 nitrogen and oxygen atoms in total. The fourth-order valence-electron chi connectivity index (χ4n) is 5.80. The van der Waals surface area contributed by atoms with Crippen molar-refractivity contribution in [2.45, 2.75) is 63.8 Å². The summed E-state index contributed by atoms with van der Waals surface area (Å²) >= 11 is 0. The third kappa shape index (κ3) is 8.73. The zero-order valence-corrected chi connectivity index (χ0v) is 24.3. The summed E-state index contributed by atoms with van der Waals surface area (Å²) in [6.07, 6.45) is -6.44. The van der Waals surface area contributed by atoms with E-state index in [-0.39, 0.29) is 48.3 Å². The van der Waals surface area contributed by atoms with E-state index in [4.69, 9.17) is 9.84 Å². The molecular weight excluding hydrogens is 618 g/mol. The molecule has 1 saturated carbocycles. The second-order valence-corrected chi connectivity index (χ2v) is 11.1. The van der Waals surface area contributed by atoms with Gasteiger partial charge >= 0.3 is 18.7 Å². The van der Waals surface area contributed by atoms with Crippen LogP contribution in [0.2, 0.25) is 0 Å². The number of aromatic amines is 1. The van der Waals surface area contributed by atoms with Crippen molar-refractivity contribution < 1.29 is 50.5 Å². The average molecular weight is 649 g/mol. The summed E-state index contributed by atoms with van der Waals surface area (Å²) in [6.45, 7) is -0.367. The quantitative estimate of drug-likeness (QED) is 0.158. The van der Waals surface area contributed by atoms with Gasteiger partial charge in [0.25, 0.3) is 0 Å². The molecule has 1 heterocycles. The molecule has 0 amide bonds. The maximum Gasteiger partial charge on any atom is 0.573 e. The maximum atomic E-state index is 13.2. The SMILES string of the molecule is O=C(O)CC1CCC(c2ccc(-c3[nH]nc(OCc4ccccc4OC(F)(F)F)c3Cc3ccccc3OC(F)(F)F)cc2)CC1. The molecule has 0 aliphatic heterocycles. The van der Waals surface area contributed by atoms with E-state index in [1.807, 2.05) is 24.3 Å². The number of carboxylic acid groups (broad SMARTS) is 1. The fraction of sp³-hybridized carbons (Fsp3) is 0.333. The van der Waals surface area contributed by atoms with Gasteiger partial charge in [0.2, 0.25) is 5.88 Å². The lowest BCUT2D eigenvalue weighted by Crippen LogP contribution is -2.18. The number of hydrogen-bond acceptors (Lipinski definition) is 5. The molecule has 1 aliphatic rings. The Labute approximate surface area is 260 Å². The molecule has 1 aliphatic carbocycles. The Bertz CT molecular complexity index is 1630. The number of aromatic nitrogens is 2. The molecule has 1 aromatic heterocycles. The number of halogens is 6. The van der Waals surface area contributed by atoms with E-state index in [2.05, 4.69) is 19.7 Å². The van der Waals surface area contributed by atoms with Gasteiger partial charge in [-0.1, -0.05) is 60.7 Å². The number of rotatable bonds is 11. The number of nitrogens with zero attached hydrogens (tertiary/aromatic N) is 1. The monoisotopic (exact) mass is 648 g/mol. The van der Waals surface area contributed by atoms with Gasteiger partial charge in [-0.2, -0.15) is 0 Å². The van der Waals surface area contributed by atoms with Gasteiger partial charge in [0.05, 0.1) is 5.69 Å². The van der Waals surface area contributed by atoms with E-state index in [1.54, 1.807) is 6.07 Å². The van der Waals surface area contributed by atoms with Crippen molar-refractivity contribution in [3.05, 3.63) is 95.1 Å². The zero-order valence-electron chi connectivity index (χ0n) is 24.3. The Hall–Kier alpha value is -4.68. The number of aliphatic carboxylic acids is 1. The minimum Gasteiger partial charge on any atom is -0.481 e. The topological polar surface area (TPSA) is 93.7 Å². The first-order valence-corrected chi connectivity index (χ1v) is 14.5. The predicted octanol–water partition coefficient (Wildman–Crippen LogP) is 8.79. The van der Waals surface area contributed by atoms with Crippen LogP contribution < -0.4 is 14.2 Å². The van der Waals surface area contributed by atoms with Crippen LogP contribution >= 0.6 is 0 Å². The van der Waals surface area contributed by atoms with E-state index in [0.29, 0.717) is 16.8 Å². The van der Waals surface area contributed by atoms with Crippen LogP contribution in [0.5, 0.6) is 17.4 Å². The normalized spacial score (nSPS) is 17.0. The summed E-state index contributed by atoms with van der Waals surface area (Å²) in [6, 6.07) is 18.7. The van der Waals surface area contributed by atoms with Gasteiger partial charge in [-0.25, -0.2) is 0 Å². The lowest BCUT2D eigenvalue weighted by Gasteiger charge is -2.28. The van der Waals surface area contributed by atoms with Crippen molar-refractivity contribution >= 4 is 5.97 Å². The molecule has 5 rings (SSSR count). The van der Waals surface area contributed by atoms with Crippen LogP contribution in [0.15, 0.2) is 72.8 Å². The van der Waals surface area contributed by atoms with Gasteiger partial charge in [0.1, 0.15) is 18.1 Å². The molecule has 3 aromatic carbocycles. The van der Waals surface area contributed by atoms with Crippen LogP contribution in [0.3, 0.4) is 0 Å². The molecule has 0 unspecified atom stereocenters. The molecule has 46 heavy (non-hydrogen) atoms. The summed E-state index contributed by atoms with van der Waals surface area (Å²) in [5, 5.41) is 16.2. The highest BCUT2D eigenvalue weighted by Crippen LogP contribution is 2.39. The smallest absolute Gasteiger partial charge is 0.481 e. The van der Waals surface area contributed by atoms with Gasteiger partial charge in [-0.3, -0.25) is 9.89 Å². The molecule has 0 bridgehead atoms. The molecule has 1 fully saturated rings. The highest BCUT2D eigenvalue weighted by atomic mass is 19.4. The number of para-hydroxylation sites is 2. The van der Waals surface area contributed by atoms with Crippen LogP contribution in [-0.2, 0) is 17.8 Å². The van der Waals surface area contributed by atoms with Crippen molar-refractivity contribution in [1.29, 1.82) is 0 Å². The van der Waals surface area contributed by atoms with E-state index >= 15 is 0 Å². The van der Waals surface area contributed by atoms with Crippen molar-refractivity contribution in [2.24, 2.45) is 5.92 Å². The van der Waals surface area contributed by atoms with E-state index in [1.165, 1.54) is 36.4 Å². The maximum absolute atomic E-state index is 13.2. The molecule has 4 aromatic rings. The number of benzene rings is 3. The number of nitrogens with one attached hydrogen (secondary N) is 1. The highest BCUT2D eigenvalue weighted by Gasteiger charge is 2.33. The first-order valence-electron chi connectivity index (χ1n) is 14.5. The third-order valence-corrected chi connectivity index (χ3v) is 7.94.